The lowest BCUT2D eigenvalue weighted by atomic mass is 9.90. The molecule has 32 heavy (non-hydrogen) atoms. The summed E-state index contributed by atoms with van der Waals surface area (Å²) in [6.45, 7) is 1.32. The Morgan fingerprint density at radius 3 is 2.28 bits per heavy atom. The van der Waals surface area contributed by atoms with E-state index < -0.39 is 45.2 Å². The highest BCUT2D eigenvalue weighted by atomic mass is 19.2. The Bertz CT molecular complexity index is 1180. The number of carbonyl (C=O) groups excluding carboxylic acids is 2. The van der Waals surface area contributed by atoms with Crippen molar-refractivity contribution in [1.82, 2.24) is 9.80 Å². The Balaban J connectivity index is 2.41. The molecule has 0 spiro atoms. The molecule has 2 N–H and O–H groups in total. The molecule has 1 aliphatic rings. The summed E-state index contributed by atoms with van der Waals surface area (Å²) in [4.78, 5) is 48.7. The largest absolute Gasteiger partial charge is 0.528 e. The van der Waals surface area contributed by atoms with Crippen LogP contribution < -0.4 is 9.80 Å². The lowest BCUT2D eigenvalue weighted by molar-refractivity contribution is -0.384. The number of nitro groups is 1. The lowest BCUT2D eigenvalue weighted by Gasteiger charge is -2.40. The molecule has 3 rings (SSSR count). The Morgan fingerprint density at radius 1 is 1.16 bits per heavy atom. The highest BCUT2D eigenvalue weighted by Crippen LogP contribution is 2.45. The van der Waals surface area contributed by atoms with E-state index in [0.717, 1.165) is 43.5 Å². The number of methoxy groups -OCH3 is 1. The number of quaternary nitrogens is 1. The maximum absolute atomic E-state index is 14.1. The van der Waals surface area contributed by atoms with E-state index in [4.69, 9.17) is 4.74 Å². The Labute approximate surface area is 179 Å². The summed E-state index contributed by atoms with van der Waals surface area (Å²) in [5.41, 5.74) is -1.23. The summed E-state index contributed by atoms with van der Waals surface area (Å²) in [6, 6.07) is 3.65. The number of hydrogen-bond donors (Lipinski definition) is 2. The fourth-order valence-electron chi connectivity index (χ4n) is 3.66. The number of rotatable bonds is 4. The van der Waals surface area contributed by atoms with Gasteiger partial charge in [-0.1, -0.05) is 4.48 Å². The molecule has 0 radical (unpaired) electrons. The second kappa shape index (κ2) is 8.15. The summed E-state index contributed by atoms with van der Waals surface area (Å²) >= 11 is 0. The number of amides is 3. The fourth-order valence-corrected chi connectivity index (χ4v) is 3.66. The van der Waals surface area contributed by atoms with E-state index in [9.17, 15) is 38.4 Å². The number of imide groups is 1. The van der Waals surface area contributed by atoms with Crippen molar-refractivity contribution in [2.45, 2.75) is 13.0 Å². The van der Waals surface area contributed by atoms with E-state index >= 15 is 0 Å². The molecule has 0 bridgehead atoms. The van der Waals surface area contributed by atoms with Gasteiger partial charge in [-0.15, -0.1) is 0 Å². The molecule has 0 aromatic heterocycles. The highest BCUT2D eigenvalue weighted by Gasteiger charge is 2.61. The number of ether oxygens (including phenoxy) is 1. The molecule has 1 aliphatic heterocycles. The van der Waals surface area contributed by atoms with Gasteiger partial charge >= 0.3 is 18.1 Å². The first kappa shape index (κ1) is 22.5. The van der Waals surface area contributed by atoms with E-state index in [0.29, 0.717) is 6.07 Å². The molecule has 0 saturated carbocycles. The van der Waals surface area contributed by atoms with Crippen LogP contribution in [-0.2, 0) is 9.53 Å². The topological polar surface area (TPSA) is 136 Å². The number of carboxylic acid groups (broad SMARTS) is 1. The molecule has 0 fully saturated rings. The monoisotopic (exact) mass is 448 g/mol. The third-order valence-electron chi connectivity index (χ3n) is 5.11. The van der Waals surface area contributed by atoms with Gasteiger partial charge in [-0.3, -0.25) is 15.4 Å². The van der Waals surface area contributed by atoms with Crippen molar-refractivity contribution < 1.29 is 37.9 Å². The number of urea groups is 1. The summed E-state index contributed by atoms with van der Waals surface area (Å²) in [7, 11) is 1.03. The van der Waals surface area contributed by atoms with Gasteiger partial charge in [0.1, 0.15) is 5.57 Å². The van der Waals surface area contributed by atoms with E-state index in [1.165, 1.54) is 6.92 Å². The Kier molecular flexibility index (Phi) is 5.73. The predicted octanol–water partition coefficient (Wildman–Crippen LogP) is 3.77. The van der Waals surface area contributed by atoms with Gasteiger partial charge in [0, 0.05) is 35.5 Å². The minimum absolute atomic E-state index is 0.0477. The van der Waals surface area contributed by atoms with E-state index in [1.807, 2.05) is 0 Å². The van der Waals surface area contributed by atoms with Gasteiger partial charge in [0.25, 0.3) is 5.69 Å². The van der Waals surface area contributed by atoms with Crippen molar-refractivity contribution in [2.24, 2.45) is 0 Å². The van der Waals surface area contributed by atoms with Gasteiger partial charge in [0.15, 0.2) is 23.4 Å². The average molecular weight is 448 g/mol. The van der Waals surface area contributed by atoms with Gasteiger partial charge in [-0.2, -0.15) is 4.79 Å². The highest BCUT2D eigenvalue weighted by molar-refractivity contribution is 6.10. The Morgan fingerprint density at radius 2 is 1.78 bits per heavy atom. The number of hydrogen-bond acceptors (Lipinski definition) is 6. The number of nitrogens with one attached hydrogen (secondary N) is 1. The van der Waals surface area contributed by atoms with Crippen molar-refractivity contribution >= 4 is 29.5 Å². The van der Waals surface area contributed by atoms with Crippen LogP contribution in [0.5, 0.6) is 0 Å². The minimum atomic E-state index is -1.78. The number of benzene rings is 2. The SMILES string of the molecule is COC(=O)C1=C(C)NC(=O)[N+](C(=O)O)(c2ccc([N+](=O)[O-])cc2)[C@H]1c1ccc(F)c(F)c1. The molecular weight excluding hydrogens is 432 g/mol. The van der Waals surface area contributed by atoms with Crippen LogP contribution in [0.3, 0.4) is 0 Å². The first-order valence-electron chi connectivity index (χ1n) is 8.98. The third-order valence-corrected chi connectivity index (χ3v) is 5.11. The number of nitro benzene ring substituents is 1. The van der Waals surface area contributed by atoms with Crippen molar-refractivity contribution in [3.8, 4) is 0 Å². The number of esters is 1. The number of carbonyl (C=O) groups is 3. The molecule has 2 aromatic carbocycles. The maximum atomic E-state index is 14.1. The zero-order valence-electron chi connectivity index (χ0n) is 16.7. The van der Waals surface area contributed by atoms with Crippen molar-refractivity contribution in [3.63, 3.8) is 0 Å². The molecule has 1 heterocycles. The van der Waals surface area contributed by atoms with Gasteiger partial charge in [0.2, 0.25) is 0 Å². The number of non-ortho nitro benzene ring substituents is 1. The normalized spacial score (nSPS) is 20.5. The van der Waals surface area contributed by atoms with E-state index in [1.54, 1.807) is 0 Å². The predicted molar refractivity (Wildman–Crippen MR) is 105 cm³/mol. The van der Waals surface area contributed by atoms with Crippen LogP contribution >= 0.6 is 0 Å². The smallest absolute Gasteiger partial charge is 0.465 e. The molecule has 1 unspecified atom stereocenters. The summed E-state index contributed by atoms with van der Waals surface area (Å²) < 4.78 is 30.8. The van der Waals surface area contributed by atoms with Gasteiger partial charge < -0.3 is 9.84 Å². The van der Waals surface area contributed by atoms with Crippen LogP contribution in [0.1, 0.15) is 18.5 Å². The van der Waals surface area contributed by atoms with Crippen molar-refractivity contribution in [3.05, 3.63) is 81.0 Å². The molecular formula is C20H16F2N3O7+. The molecule has 0 saturated heterocycles. The maximum Gasteiger partial charge on any atom is 0.528 e. The van der Waals surface area contributed by atoms with E-state index in [-0.39, 0.29) is 28.2 Å². The minimum Gasteiger partial charge on any atom is -0.465 e. The molecule has 3 amide bonds. The average Bonchev–Trinajstić information content (AvgIpc) is 2.74. The summed E-state index contributed by atoms with van der Waals surface area (Å²) in [5, 5.41) is 23.6. The Hall–Kier alpha value is -4.19. The molecule has 2 aromatic rings. The van der Waals surface area contributed by atoms with Gasteiger partial charge in [-0.05, 0) is 25.1 Å². The van der Waals surface area contributed by atoms with Crippen molar-refractivity contribution in [2.75, 3.05) is 7.11 Å². The zero-order valence-corrected chi connectivity index (χ0v) is 16.7. The molecule has 12 heteroatoms. The van der Waals surface area contributed by atoms with E-state index in [2.05, 4.69) is 5.32 Å². The van der Waals surface area contributed by atoms with Crippen LogP contribution in [0, 0.1) is 21.7 Å². The first-order chi connectivity index (χ1) is 15.0. The molecule has 10 nitrogen and oxygen atoms in total. The van der Waals surface area contributed by atoms with Gasteiger partial charge in [0.05, 0.1) is 12.0 Å². The molecule has 2 atom stereocenters. The second-order valence-corrected chi connectivity index (χ2v) is 6.82. The van der Waals surface area contributed by atoms with Crippen LogP contribution in [0.2, 0.25) is 0 Å². The fraction of sp³-hybridized carbons (Fsp3) is 0.150. The number of allylic oxidation sites excluding steroid dienone is 1. The summed E-state index contributed by atoms with van der Waals surface area (Å²) in [6.07, 6.45) is -1.78. The molecule has 166 valence electrons. The van der Waals surface area contributed by atoms with Crippen LogP contribution in [0.15, 0.2) is 53.7 Å². The third kappa shape index (κ3) is 3.36. The lowest BCUT2D eigenvalue weighted by Crippen LogP contribution is -2.67. The zero-order chi connectivity index (χ0) is 23.8. The standard InChI is InChI=1S/C20H15F2N3O7/c1-10-16(18(26)32-2)17(11-3-8-14(21)15(22)9-11)25(20(28)29,19(27)23-10)13-6-4-12(5-7-13)24(30)31/h3-9,17H,1-2H3,(H-,23,26,27,28,29)/p+1/t17-,25?/m0/s1. The van der Waals surface area contributed by atoms with Crippen LogP contribution in [0.4, 0.5) is 29.7 Å². The van der Waals surface area contributed by atoms with Crippen LogP contribution in [0.25, 0.3) is 0 Å². The van der Waals surface area contributed by atoms with Gasteiger partial charge in [-0.25, -0.2) is 18.4 Å². The number of halogens is 2. The van der Waals surface area contributed by atoms with Crippen LogP contribution in [-0.4, -0.2) is 35.2 Å². The molecule has 0 aliphatic carbocycles. The van der Waals surface area contributed by atoms with Crippen molar-refractivity contribution in [1.29, 1.82) is 0 Å². The summed E-state index contributed by atoms with van der Waals surface area (Å²) in [5.74, 6) is -3.57. The first-order valence-corrected chi connectivity index (χ1v) is 8.98. The second-order valence-electron chi connectivity index (χ2n) is 6.82. The number of nitrogens with zero attached hydrogens (tertiary/aromatic N) is 2. The quantitative estimate of drug-likeness (QED) is 0.314.